The summed E-state index contributed by atoms with van der Waals surface area (Å²) >= 11 is 0. The van der Waals surface area contributed by atoms with Gasteiger partial charge in [-0.2, -0.15) is 0 Å². The lowest BCUT2D eigenvalue weighted by molar-refractivity contribution is 0.152. The number of carbonyl (C=O) groups excluding carboxylic acids is 1. The van der Waals surface area contributed by atoms with Gasteiger partial charge < -0.3 is 18.9 Å². The van der Waals surface area contributed by atoms with Crippen LogP contribution in [0, 0.1) is 0 Å². The number of hydrogen-bond acceptors (Lipinski definition) is 4. The first-order chi connectivity index (χ1) is 7.65. The Hall–Kier alpha value is -0.593. The highest BCUT2D eigenvalue weighted by Crippen LogP contribution is 2.16. The molecule has 1 N–H and O–H groups in total. The highest BCUT2D eigenvalue weighted by atomic mass is 28.3. The molecule has 0 radical (unpaired) electrons. The third-order valence-corrected chi connectivity index (χ3v) is 4.50. The number of ether oxygens (including phenoxy) is 1. The van der Waals surface area contributed by atoms with Gasteiger partial charge in [0.15, 0.2) is 0 Å². The molecule has 6 heteroatoms. The molecule has 0 aromatic heterocycles. The third-order valence-electron chi connectivity index (χ3n) is 2.31. The van der Waals surface area contributed by atoms with E-state index in [0.29, 0.717) is 18.7 Å². The van der Waals surface area contributed by atoms with Gasteiger partial charge in [-0.25, -0.2) is 4.79 Å². The number of alkyl carbamates (subject to hydrolysis) is 1. The maximum atomic E-state index is 11.0. The van der Waals surface area contributed by atoms with Gasteiger partial charge in [0.25, 0.3) is 0 Å². The maximum absolute atomic E-state index is 11.0. The van der Waals surface area contributed by atoms with Gasteiger partial charge in [-0.15, -0.1) is 0 Å². The van der Waals surface area contributed by atoms with Crippen molar-refractivity contribution < 1.29 is 18.4 Å². The summed E-state index contributed by atoms with van der Waals surface area (Å²) in [6, 6.07) is 0. The summed E-state index contributed by atoms with van der Waals surface area (Å²) in [4.78, 5) is 11.0. The first-order valence-electron chi connectivity index (χ1n) is 5.61. The lowest BCUT2D eigenvalue weighted by Gasteiger charge is -2.18. The second-order valence-corrected chi connectivity index (χ2v) is 6.42. The molecular weight excluding hydrogens is 226 g/mol. The van der Waals surface area contributed by atoms with E-state index in [1.807, 2.05) is 0 Å². The quantitative estimate of drug-likeness (QED) is 0.522. The van der Waals surface area contributed by atoms with Crippen LogP contribution in [0.5, 0.6) is 0 Å². The van der Waals surface area contributed by atoms with Gasteiger partial charge in [-0.05, 0) is 25.3 Å². The third kappa shape index (κ3) is 6.81. The van der Waals surface area contributed by atoms with Crippen LogP contribution < -0.4 is 5.32 Å². The fourth-order valence-electron chi connectivity index (χ4n) is 1.49. The Morgan fingerprint density at radius 1 is 1.38 bits per heavy atom. The molecule has 0 fully saturated rings. The summed E-state index contributed by atoms with van der Waals surface area (Å²) in [5.41, 5.74) is 0.444. The van der Waals surface area contributed by atoms with E-state index in [1.165, 1.54) is 0 Å². The monoisotopic (exact) mass is 249 g/mol. The van der Waals surface area contributed by atoms with Gasteiger partial charge in [0.05, 0.1) is 6.61 Å². The molecule has 1 amide bonds. The molecule has 0 bridgehead atoms. The Kier molecular flexibility index (Phi) is 9.26. The molecule has 0 saturated carbocycles. The summed E-state index contributed by atoms with van der Waals surface area (Å²) in [6.45, 7) is 4.95. The van der Waals surface area contributed by atoms with E-state index in [9.17, 15) is 4.79 Å². The number of rotatable bonds is 8. The molecule has 96 valence electrons. The number of amides is 1. The maximum Gasteiger partial charge on any atom is 0.407 e. The highest BCUT2D eigenvalue weighted by Gasteiger charge is 2.18. The largest absolute Gasteiger partial charge is 0.450 e. The van der Waals surface area contributed by atoms with Crippen LogP contribution >= 0.6 is 0 Å². The van der Waals surface area contributed by atoms with Crippen molar-refractivity contribution in [1.29, 1.82) is 0 Å². The molecule has 0 aliphatic carbocycles. The number of hydrogen-bond donors (Lipinski definition) is 1. The van der Waals surface area contributed by atoms with Crippen LogP contribution in [0.2, 0.25) is 5.54 Å². The van der Waals surface area contributed by atoms with Gasteiger partial charge in [0, 0.05) is 20.8 Å². The zero-order valence-electron chi connectivity index (χ0n) is 10.6. The zero-order valence-corrected chi connectivity index (χ0v) is 11.8. The van der Waals surface area contributed by atoms with Crippen LogP contribution in [-0.4, -0.2) is 42.7 Å². The second kappa shape index (κ2) is 9.62. The minimum Gasteiger partial charge on any atom is -0.450 e. The van der Waals surface area contributed by atoms with E-state index in [4.69, 9.17) is 13.6 Å². The van der Waals surface area contributed by atoms with Crippen LogP contribution in [0.1, 0.15) is 26.7 Å². The van der Waals surface area contributed by atoms with Crippen molar-refractivity contribution in [3.8, 4) is 0 Å². The van der Waals surface area contributed by atoms with Crippen molar-refractivity contribution in [2.24, 2.45) is 0 Å². The summed E-state index contributed by atoms with van der Waals surface area (Å²) in [7, 11) is 1.87. The van der Waals surface area contributed by atoms with Gasteiger partial charge in [0.2, 0.25) is 0 Å². The first-order valence-corrected chi connectivity index (χ1v) is 7.22. The van der Waals surface area contributed by atoms with Crippen molar-refractivity contribution in [2.75, 3.05) is 27.4 Å². The molecule has 0 rings (SSSR count). The van der Waals surface area contributed by atoms with E-state index in [2.05, 4.69) is 12.2 Å². The summed E-state index contributed by atoms with van der Waals surface area (Å²) < 4.78 is 15.3. The van der Waals surface area contributed by atoms with Crippen molar-refractivity contribution >= 4 is 15.4 Å². The summed E-state index contributed by atoms with van der Waals surface area (Å²) in [5, 5.41) is 2.69. The normalized spacial score (nSPS) is 12.6. The fraction of sp³-hybridized carbons (Fsp3) is 0.900. The van der Waals surface area contributed by atoms with E-state index in [0.717, 1.165) is 12.8 Å². The summed E-state index contributed by atoms with van der Waals surface area (Å²) in [6.07, 6.45) is 1.56. The minimum atomic E-state index is -1.51. The van der Waals surface area contributed by atoms with E-state index >= 15 is 0 Å². The number of carbonyl (C=O) groups is 1. The molecule has 0 aliphatic heterocycles. The topological polar surface area (TPSA) is 56.8 Å². The summed E-state index contributed by atoms with van der Waals surface area (Å²) in [5.74, 6) is 0. The van der Waals surface area contributed by atoms with Crippen molar-refractivity contribution in [3.63, 3.8) is 0 Å². The van der Waals surface area contributed by atoms with Crippen molar-refractivity contribution in [2.45, 2.75) is 32.2 Å². The fourth-order valence-corrected chi connectivity index (χ4v) is 3.12. The van der Waals surface area contributed by atoms with Gasteiger partial charge in [-0.1, -0.05) is 6.92 Å². The smallest absolute Gasteiger partial charge is 0.407 e. The Balaban J connectivity index is 3.54. The molecule has 0 aromatic rings. The Bertz CT molecular complexity index is 188. The molecule has 0 aliphatic rings. The molecule has 5 nitrogen and oxygen atoms in total. The average molecular weight is 249 g/mol. The second-order valence-electron chi connectivity index (χ2n) is 3.61. The van der Waals surface area contributed by atoms with Crippen LogP contribution in [0.15, 0.2) is 0 Å². The molecule has 0 saturated heterocycles. The predicted molar refractivity (Wildman–Crippen MR) is 64.8 cm³/mol. The molecule has 16 heavy (non-hydrogen) atoms. The Morgan fingerprint density at radius 2 is 2.00 bits per heavy atom. The van der Waals surface area contributed by atoms with Gasteiger partial charge in [0.1, 0.15) is 0 Å². The highest BCUT2D eigenvalue weighted by molar-refractivity contribution is 6.46. The van der Waals surface area contributed by atoms with E-state index < -0.39 is 9.28 Å². The van der Waals surface area contributed by atoms with Crippen LogP contribution in [0.3, 0.4) is 0 Å². The van der Waals surface area contributed by atoms with E-state index in [1.54, 1.807) is 21.1 Å². The molecule has 1 atom stereocenters. The molecule has 0 aromatic carbocycles. The lowest BCUT2D eigenvalue weighted by Crippen LogP contribution is -2.27. The standard InChI is InChI=1S/C10H23NO4Si/c1-5-15-10(12)11-8-6-7-9(2)16(13-3)14-4/h9,16H,5-8H2,1-4H3,(H,11,12). The Morgan fingerprint density at radius 3 is 2.50 bits per heavy atom. The Labute approximate surface area is 99.3 Å². The van der Waals surface area contributed by atoms with Gasteiger partial charge >= 0.3 is 15.4 Å². The lowest BCUT2D eigenvalue weighted by atomic mass is 10.2. The van der Waals surface area contributed by atoms with Crippen molar-refractivity contribution in [3.05, 3.63) is 0 Å². The number of nitrogens with one attached hydrogen (secondary N) is 1. The van der Waals surface area contributed by atoms with Crippen LogP contribution in [-0.2, 0) is 13.6 Å². The first kappa shape index (κ1) is 15.4. The molecule has 0 spiro atoms. The molecular formula is C10H23NO4Si. The molecule has 1 unspecified atom stereocenters. The SMILES string of the molecule is CCOC(=O)NCCCC(C)[SiH](OC)OC. The van der Waals surface area contributed by atoms with E-state index in [-0.39, 0.29) is 6.09 Å². The van der Waals surface area contributed by atoms with Crippen LogP contribution in [0.25, 0.3) is 0 Å². The van der Waals surface area contributed by atoms with Crippen molar-refractivity contribution in [1.82, 2.24) is 5.32 Å². The molecule has 0 heterocycles. The minimum absolute atomic E-state index is 0.345. The predicted octanol–water partition coefficient (Wildman–Crippen LogP) is 1.42. The zero-order chi connectivity index (χ0) is 12.4. The van der Waals surface area contributed by atoms with Gasteiger partial charge in [-0.3, -0.25) is 0 Å². The van der Waals surface area contributed by atoms with Crippen LogP contribution in [0.4, 0.5) is 4.79 Å². The average Bonchev–Trinajstić information content (AvgIpc) is 2.26.